The Kier molecular flexibility index (Phi) is 2.24. The summed E-state index contributed by atoms with van der Waals surface area (Å²) >= 11 is 5.93. The Morgan fingerprint density at radius 2 is 2.31 bits per heavy atom. The number of alkyl halides is 1. The topological polar surface area (TPSA) is 42.2 Å². The molecule has 1 aliphatic rings. The van der Waals surface area contributed by atoms with Gasteiger partial charge in [0, 0.05) is 30.1 Å². The van der Waals surface area contributed by atoms with Gasteiger partial charge in [0.25, 0.3) is 0 Å². The zero-order chi connectivity index (χ0) is 11.0. The first-order chi connectivity index (χ1) is 7.81. The van der Waals surface area contributed by atoms with Gasteiger partial charge >= 0.3 is 0 Å². The van der Waals surface area contributed by atoms with E-state index in [1.807, 2.05) is 18.3 Å². The second kappa shape index (κ2) is 3.63. The van der Waals surface area contributed by atoms with E-state index in [-0.39, 0.29) is 0 Å². The third-order valence-electron chi connectivity index (χ3n) is 3.14. The van der Waals surface area contributed by atoms with E-state index in [9.17, 15) is 0 Å². The lowest BCUT2D eigenvalue weighted by atomic mass is 10.1. The molecule has 2 aromatic heterocycles. The smallest absolute Gasteiger partial charge is 0.157 e. The molecule has 0 aromatic carbocycles. The van der Waals surface area contributed by atoms with Crippen LogP contribution in [0.4, 0.5) is 5.82 Å². The molecule has 1 saturated carbocycles. The summed E-state index contributed by atoms with van der Waals surface area (Å²) in [5.74, 6) is 1.62. The van der Waals surface area contributed by atoms with Crippen molar-refractivity contribution in [1.29, 1.82) is 0 Å². The third kappa shape index (κ3) is 1.73. The van der Waals surface area contributed by atoms with Gasteiger partial charge in [-0.3, -0.25) is 0 Å². The summed E-state index contributed by atoms with van der Waals surface area (Å²) in [7, 11) is 0. The fraction of sp³-hybridized carbons (Fsp3) is 0.455. The number of hydrogen-bond acceptors (Lipinski definition) is 3. The lowest BCUT2D eigenvalue weighted by molar-refractivity contribution is 0.617. The molecular formula is C11H13ClN4. The number of hydrogen-bond donors (Lipinski definition) is 1. The van der Waals surface area contributed by atoms with Gasteiger partial charge in [0.2, 0.25) is 0 Å². The lowest BCUT2D eigenvalue weighted by Gasteiger charge is -2.12. The predicted octanol–water partition coefficient (Wildman–Crippen LogP) is 2.16. The molecule has 1 aliphatic carbocycles. The Balaban J connectivity index is 1.74. The molecule has 84 valence electrons. The molecule has 2 heterocycles. The van der Waals surface area contributed by atoms with E-state index in [4.69, 9.17) is 11.6 Å². The van der Waals surface area contributed by atoms with E-state index in [1.54, 1.807) is 10.7 Å². The van der Waals surface area contributed by atoms with Crippen LogP contribution in [-0.2, 0) is 0 Å². The average molecular weight is 237 g/mol. The van der Waals surface area contributed by atoms with Crippen LogP contribution in [0.3, 0.4) is 0 Å². The van der Waals surface area contributed by atoms with Crippen molar-refractivity contribution in [2.75, 3.05) is 17.7 Å². The number of nitrogens with zero attached hydrogens (tertiary/aromatic N) is 3. The summed E-state index contributed by atoms with van der Waals surface area (Å²) in [4.78, 5) is 4.45. The number of anilines is 1. The van der Waals surface area contributed by atoms with Crippen LogP contribution >= 0.6 is 11.6 Å². The molecule has 3 rings (SSSR count). The lowest BCUT2D eigenvalue weighted by Crippen LogP contribution is -2.17. The van der Waals surface area contributed by atoms with Gasteiger partial charge in [-0.1, -0.05) is 0 Å². The fourth-order valence-corrected chi connectivity index (χ4v) is 2.09. The first kappa shape index (κ1) is 9.90. The van der Waals surface area contributed by atoms with Crippen molar-refractivity contribution in [3.05, 3.63) is 24.5 Å². The zero-order valence-corrected chi connectivity index (χ0v) is 9.61. The molecule has 1 fully saturated rings. The van der Waals surface area contributed by atoms with Crippen LogP contribution in [0.5, 0.6) is 0 Å². The summed E-state index contributed by atoms with van der Waals surface area (Å²) in [5.41, 5.74) is 1.18. The van der Waals surface area contributed by atoms with E-state index in [0.29, 0.717) is 5.41 Å². The van der Waals surface area contributed by atoms with Crippen molar-refractivity contribution in [3.63, 3.8) is 0 Å². The maximum Gasteiger partial charge on any atom is 0.157 e. The Labute approximate surface area is 98.6 Å². The second-order valence-corrected chi connectivity index (χ2v) is 4.70. The van der Waals surface area contributed by atoms with Gasteiger partial charge in [-0.2, -0.15) is 5.10 Å². The van der Waals surface area contributed by atoms with E-state index >= 15 is 0 Å². The highest BCUT2D eigenvalue weighted by atomic mass is 35.5. The maximum atomic E-state index is 5.93. The van der Waals surface area contributed by atoms with Crippen LogP contribution in [-0.4, -0.2) is 27.0 Å². The molecule has 0 saturated heterocycles. The minimum absolute atomic E-state index is 0.315. The van der Waals surface area contributed by atoms with Crippen molar-refractivity contribution in [2.24, 2.45) is 5.41 Å². The zero-order valence-electron chi connectivity index (χ0n) is 8.86. The molecule has 4 nitrogen and oxygen atoms in total. The van der Waals surface area contributed by atoms with Gasteiger partial charge in [0.05, 0.1) is 6.20 Å². The van der Waals surface area contributed by atoms with Crippen LogP contribution < -0.4 is 5.32 Å². The Morgan fingerprint density at radius 1 is 1.44 bits per heavy atom. The Hall–Kier alpha value is -1.29. The van der Waals surface area contributed by atoms with Crippen LogP contribution in [0.25, 0.3) is 5.65 Å². The van der Waals surface area contributed by atoms with Gasteiger partial charge in [-0.25, -0.2) is 9.50 Å². The average Bonchev–Trinajstić information content (AvgIpc) is 2.96. The summed E-state index contributed by atoms with van der Waals surface area (Å²) in [6, 6.07) is 3.82. The molecule has 0 radical (unpaired) electrons. The Bertz CT molecular complexity index is 503. The van der Waals surface area contributed by atoms with Crippen molar-refractivity contribution in [3.8, 4) is 0 Å². The SMILES string of the molecule is ClCC1(CNc2ccn3nccc3n2)CC1. The van der Waals surface area contributed by atoms with Crippen LogP contribution in [0.15, 0.2) is 24.5 Å². The molecule has 0 spiro atoms. The molecule has 16 heavy (non-hydrogen) atoms. The number of nitrogens with one attached hydrogen (secondary N) is 1. The monoisotopic (exact) mass is 236 g/mol. The predicted molar refractivity (Wildman–Crippen MR) is 63.9 cm³/mol. The molecule has 0 atom stereocenters. The first-order valence-corrected chi connectivity index (χ1v) is 5.95. The molecule has 0 amide bonds. The van der Waals surface area contributed by atoms with E-state index in [0.717, 1.165) is 23.9 Å². The van der Waals surface area contributed by atoms with Crippen molar-refractivity contribution in [2.45, 2.75) is 12.8 Å². The van der Waals surface area contributed by atoms with Crippen molar-refractivity contribution < 1.29 is 0 Å². The summed E-state index contributed by atoms with van der Waals surface area (Å²) in [6.45, 7) is 0.911. The van der Waals surface area contributed by atoms with E-state index in [1.165, 1.54) is 12.8 Å². The fourth-order valence-electron chi connectivity index (χ4n) is 1.72. The minimum atomic E-state index is 0.315. The Morgan fingerprint density at radius 3 is 3.06 bits per heavy atom. The number of fused-ring (bicyclic) bond motifs is 1. The summed E-state index contributed by atoms with van der Waals surface area (Å²) in [5, 5.41) is 7.45. The first-order valence-electron chi connectivity index (χ1n) is 5.42. The third-order valence-corrected chi connectivity index (χ3v) is 3.71. The van der Waals surface area contributed by atoms with Gasteiger partial charge in [-0.15, -0.1) is 11.6 Å². The molecule has 1 N–H and O–H groups in total. The standard InChI is InChI=1S/C11H13ClN4/c12-7-11(3-4-11)8-13-9-2-6-16-10(15-9)1-5-14-16/h1-2,5-6H,3-4,7-8H2,(H,13,15). The molecule has 0 bridgehead atoms. The minimum Gasteiger partial charge on any atom is -0.369 e. The van der Waals surface area contributed by atoms with Gasteiger partial charge in [-0.05, 0) is 18.9 Å². The number of rotatable bonds is 4. The van der Waals surface area contributed by atoms with Gasteiger partial charge in [0.15, 0.2) is 5.65 Å². The van der Waals surface area contributed by atoms with E-state index < -0.39 is 0 Å². The maximum absolute atomic E-state index is 5.93. The van der Waals surface area contributed by atoms with Crippen molar-refractivity contribution >= 4 is 23.1 Å². The largest absolute Gasteiger partial charge is 0.369 e. The van der Waals surface area contributed by atoms with Crippen molar-refractivity contribution in [1.82, 2.24) is 14.6 Å². The highest BCUT2D eigenvalue weighted by molar-refractivity contribution is 6.18. The number of aromatic nitrogens is 3. The van der Waals surface area contributed by atoms with Gasteiger partial charge in [0.1, 0.15) is 5.82 Å². The molecule has 5 heteroatoms. The molecule has 0 aliphatic heterocycles. The highest BCUT2D eigenvalue weighted by Gasteiger charge is 2.41. The highest BCUT2D eigenvalue weighted by Crippen LogP contribution is 2.46. The summed E-state index contributed by atoms with van der Waals surface area (Å²) in [6.07, 6.45) is 6.09. The van der Waals surface area contributed by atoms with E-state index in [2.05, 4.69) is 15.4 Å². The van der Waals surface area contributed by atoms with Crippen LogP contribution in [0.2, 0.25) is 0 Å². The summed E-state index contributed by atoms with van der Waals surface area (Å²) < 4.78 is 1.75. The van der Waals surface area contributed by atoms with Crippen LogP contribution in [0.1, 0.15) is 12.8 Å². The molecule has 2 aromatic rings. The normalized spacial score (nSPS) is 17.6. The molecule has 0 unspecified atom stereocenters. The van der Waals surface area contributed by atoms with Crippen LogP contribution in [0, 0.1) is 5.41 Å². The second-order valence-electron chi connectivity index (χ2n) is 4.43. The van der Waals surface area contributed by atoms with Gasteiger partial charge < -0.3 is 5.32 Å². The molecular weight excluding hydrogens is 224 g/mol. The number of halogens is 1. The quantitative estimate of drug-likeness (QED) is 0.828.